The Kier molecular flexibility index (Phi) is 4.42. The number of hydrogen-bond donors (Lipinski definition) is 1. The lowest BCUT2D eigenvalue weighted by atomic mass is 9.85. The molecule has 0 aliphatic heterocycles. The number of rotatable bonds is 4. The van der Waals surface area contributed by atoms with Crippen LogP contribution in [0.5, 0.6) is 0 Å². The molecular formula is C14H21NO3. The number of hydrogen-bond acceptors (Lipinski definition) is 4. The van der Waals surface area contributed by atoms with E-state index in [1.165, 1.54) is 6.42 Å². The average molecular weight is 251 g/mol. The highest BCUT2D eigenvalue weighted by Gasteiger charge is 2.28. The molecule has 18 heavy (non-hydrogen) atoms. The van der Waals surface area contributed by atoms with Crippen molar-refractivity contribution >= 4 is 5.97 Å². The van der Waals surface area contributed by atoms with Crippen LogP contribution in [-0.4, -0.2) is 12.1 Å². The van der Waals surface area contributed by atoms with E-state index in [1.807, 2.05) is 0 Å². The van der Waals surface area contributed by atoms with Gasteiger partial charge in [-0.05, 0) is 43.7 Å². The zero-order valence-corrected chi connectivity index (χ0v) is 10.9. The van der Waals surface area contributed by atoms with Crippen LogP contribution >= 0.6 is 0 Å². The highest BCUT2D eigenvalue weighted by atomic mass is 16.6. The number of carbonyl (C=O) groups is 1. The smallest absolute Gasteiger partial charge is 0.374 e. The molecule has 100 valence electrons. The minimum atomic E-state index is -0.361. The van der Waals surface area contributed by atoms with Crippen LogP contribution in [-0.2, 0) is 11.3 Å². The topological polar surface area (TPSA) is 65.5 Å². The van der Waals surface area contributed by atoms with Gasteiger partial charge in [0.2, 0.25) is 5.76 Å². The van der Waals surface area contributed by atoms with Crippen molar-refractivity contribution in [1.82, 2.24) is 0 Å². The van der Waals surface area contributed by atoms with Gasteiger partial charge in [0.05, 0.1) is 6.54 Å². The minimum Gasteiger partial charge on any atom is -0.456 e. The lowest BCUT2D eigenvalue weighted by Crippen LogP contribution is -2.29. The molecule has 0 amide bonds. The third kappa shape index (κ3) is 2.93. The summed E-state index contributed by atoms with van der Waals surface area (Å²) >= 11 is 0. The molecule has 0 saturated heterocycles. The molecule has 4 heteroatoms. The third-order valence-corrected chi connectivity index (χ3v) is 3.69. The van der Waals surface area contributed by atoms with Crippen molar-refractivity contribution in [2.24, 2.45) is 11.7 Å². The fourth-order valence-corrected chi connectivity index (χ4v) is 2.59. The van der Waals surface area contributed by atoms with Crippen LogP contribution in [0, 0.1) is 5.92 Å². The first-order valence-electron chi connectivity index (χ1n) is 6.74. The zero-order chi connectivity index (χ0) is 13.0. The zero-order valence-electron chi connectivity index (χ0n) is 10.9. The van der Waals surface area contributed by atoms with Gasteiger partial charge in [0, 0.05) is 0 Å². The number of esters is 1. The highest BCUT2D eigenvalue weighted by Crippen LogP contribution is 2.29. The van der Waals surface area contributed by atoms with Gasteiger partial charge in [0.25, 0.3) is 0 Å². The molecule has 0 aromatic carbocycles. The van der Waals surface area contributed by atoms with E-state index in [9.17, 15) is 4.79 Å². The average Bonchev–Trinajstić information content (AvgIpc) is 2.88. The van der Waals surface area contributed by atoms with Crippen molar-refractivity contribution in [3.8, 4) is 0 Å². The Morgan fingerprint density at radius 3 is 2.89 bits per heavy atom. The first-order valence-corrected chi connectivity index (χ1v) is 6.74. The van der Waals surface area contributed by atoms with Crippen LogP contribution in [0.15, 0.2) is 16.5 Å². The van der Waals surface area contributed by atoms with Crippen LogP contribution in [0.4, 0.5) is 0 Å². The van der Waals surface area contributed by atoms with Crippen LogP contribution < -0.4 is 5.73 Å². The Hall–Kier alpha value is -1.29. The quantitative estimate of drug-likeness (QED) is 0.836. The summed E-state index contributed by atoms with van der Waals surface area (Å²) in [5.41, 5.74) is 5.45. The molecule has 1 aliphatic carbocycles. The van der Waals surface area contributed by atoms with E-state index in [4.69, 9.17) is 14.9 Å². The summed E-state index contributed by atoms with van der Waals surface area (Å²) in [4.78, 5) is 11.9. The molecular weight excluding hydrogens is 230 g/mol. The van der Waals surface area contributed by atoms with E-state index in [2.05, 4.69) is 6.92 Å². The molecule has 1 aliphatic rings. The van der Waals surface area contributed by atoms with Crippen molar-refractivity contribution in [2.45, 2.75) is 51.7 Å². The van der Waals surface area contributed by atoms with Crippen molar-refractivity contribution in [2.75, 3.05) is 0 Å². The Morgan fingerprint density at radius 2 is 2.22 bits per heavy atom. The number of ether oxygens (including phenoxy) is 1. The van der Waals surface area contributed by atoms with Gasteiger partial charge in [-0.2, -0.15) is 0 Å². The maximum absolute atomic E-state index is 11.9. The summed E-state index contributed by atoms with van der Waals surface area (Å²) in [6, 6.07) is 3.35. The van der Waals surface area contributed by atoms with Crippen LogP contribution in [0.3, 0.4) is 0 Å². The molecule has 1 fully saturated rings. The number of nitrogens with two attached hydrogens (primary N) is 1. The van der Waals surface area contributed by atoms with Gasteiger partial charge in [-0.25, -0.2) is 4.79 Å². The normalized spacial score (nSPS) is 23.9. The van der Waals surface area contributed by atoms with Gasteiger partial charge in [-0.15, -0.1) is 0 Å². The summed E-state index contributed by atoms with van der Waals surface area (Å²) in [7, 11) is 0. The predicted molar refractivity (Wildman–Crippen MR) is 68.1 cm³/mol. The van der Waals surface area contributed by atoms with Gasteiger partial charge in [-0.3, -0.25) is 0 Å². The Bertz CT molecular complexity index is 399. The first-order chi connectivity index (χ1) is 8.74. The summed E-state index contributed by atoms with van der Waals surface area (Å²) in [6.45, 7) is 2.45. The lowest BCUT2D eigenvalue weighted by molar-refractivity contribution is -0.00238. The summed E-state index contributed by atoms with van der Waals surface area (Å²) < 4.78 is 10.9. The van der Waals surface area contributed by atoms with Gasteiger partial charge in [0.15, 0.2) is 0 Å². The molecule has 1 aromatic rings. The fourth-order valence-electron chi connectivity index (χ4n) is 2.59. The van der Waals surface area contributed by atoms with E-state index >= 15 is 0 Å². The van der Waals surface area contributed by atoms with Crippen molar-refractivity contribution < 1.29 is 13.9 Å². The van der Waals surface area contributed by atoms with Gasteiger partial charge < -0.3 is 14.9 Å². The largest absolute Gasteiger partial charge is 0.456 e. The second-order valence-electron chi connectivity index (χ2n) is 4.87. The molecule has 4 nitrogen and oxygen atoms in total. The molecule has 1 aromatic heterocycles. The minimum absolute atomic E-state index is 0.0441. The second-order valence-corrected chi connectivity index (χ2v) is 4.87. The molecule has 0 radical (unpaired) electrons. The van der Waals surface area contributed by atoms with E-state index < -0.39 is 0 Å². The van der Waals surface area contributed by atoms with Crippen LogP contribution in [0.1, 0.15) is 55.3 Å². The molecule has 1 saturated carbocycles. The Morgan fingerprint density at radius 1 is 1.44 bits per heavy atom. The number of furan rings is 1. The summed E-state index contributed by atoms with van der Waals surface area (Å²) in [5, 5.41) is 0. The predicted octanol–water partition coefficient (Wildman–Crippen LogP) is 2.86. The molecule has 2 rings (SSSR count). The van der Waals surface area contributed by atoms with E-state index in [0.717, 1.165) is 25.7 Å². The van der Waals surface area contributed by atoms with Crippen molar-refractivity contribution in [3.63, 3.8) is 0 Å². The first kappa shape index (κ1) is 13.1. The fraction of sp³-hybridized carbons (Fsp3) is 0.643. The van der Waals surface area contributed by atoms with E-state index in [1.54, 1.807) is 12.1 Å². The maximum Gasteiger partial charge on any atom is 0.374 e. The molecule has 0 bridgehead atoms. The van der Waals surface area contributed by atoms with E-state index in [-0.39, 0.29) is 17.8 Å². The molecule has 2 unspecified atom stereocenters. The summed E-state index contributed by atoms with van der Waals surface area (Å²) in [5.74, 6) is 1.00. The van der Waals surface area contributed by atoms with Gasteiger partial charge >= 0.3 is 5.97 Å². The second kappa shape index (κ2) is 6.05. The molecule has 1 heterocycles. The van der Waals surface area contributed by atoms with Crippen molar-refractivity contribution in [1.29, 1.82) is 0 Å². The SMILES string of the molecule is CCC1CCCCC1OC(=O)c1ccc(CN)o1. The monoisotopic (exact) mass is 251 g/mol. The molecule has 0 spiro atoms. The van der Waals surface area contributed by atoms with Crippen molar-refractivity contribution in [3.05, 3.63) is 23.7 Å². The van der Waals surface area contributed by atoms with Crippen LogP contribution in [0.25, 0.3) is 0 Å². The van der Waals surface area contributed by atoms with Crippen LogP contribution in [0.2, 0.25) is 0 Å². The van der Waals surface area contributed by atoms with E-state index in [0.29, 0.717) is 18.2 Å². The third-order valence-electron chi connectivity index (χ3n) is 3.69. The Labute approximate surface area is 107 Å². The molecule has 2 atom stereocenters. The Balaban J connectivity index is 1.97. The molecule has 2 N–H and O–H groups in total. The standard InChI is InChI=1S/C14H21NO3/c1-2-10-5-3-4-6-12(10)18-14(16)13-8-7-11(9-15)17-13/h7-8,10,12H,2-6,9,15H2,1H3. The van der Waals surface area contributed by atoms with Gasteiger partial charge in [-0.1, -0.05) is 13.3 Å². The lowest BCUT2D eigenvalue weighted by Gasteiger charge is -2.30. The summed E-state index contributed by atoms with van der Waals surface area (Å²) in [6.07, 6.45) is 5.60. The highest BCUT2D eigenvalue weighted by molar-refractivity contribution is 5.86. The number of carbonyl (C=O) groups excluding carboxylic acids is 1. The van der Waals surface area contributed by atoms with Gasteiger partial charge in [0.1, 0.15) is 11.9 Å². The maximum atomic E-state index is 11.9.